The first kappa shape index (κ1) is 14.0. The van der Waals surface area contributed by atoms with E-state index in [1.54, 1.807) is 0 Å². The van der Waals surface area contributed by atoms with E-state index >= 15 is 0 Å². The second-order valence-corrected chi connectivity index (χ2v) is 5.81. The number of hydrogen-bond acceptors (Lipinski definition) is 3. The van der Waals surface area contributed by atoms with Gasteiger partial charge in [0.1, 0.15) is 0 Å². The van der Waals surface area contributed by atoms with Crippen molar-refractivity contribution in [2.45, 2.75) is 46.7 Å². The van der Waals surface area contributed by atoms with Gasteiger partial charge in [0.25, 0.3) is 0 Å². The molecule has 96 valence electrons. The highest BCUT2D eigenvalue weighted by Gasteiger charge is 2.08. The van der Waals surface area contributed by atoms with Crippen LogP contribution in [0.5, 0.6) is 5.88 Å². The maximum Gasteiger partial charge on any atom is 0.213 e. The number of nitrogens with one attached hydrogen (secondary N) is 1. The first-order valence-electron chi connectivity index (χ1n) is 6.19. The van der Waals surface area contributed by atoms with Crippen molar-refractivity contribution in [1.82, 2.24) is 10.3 Å². The molecule has 0 radical (unpaired) electrons. The van der Waals surface area contributed by atoms with E-state index in [1.807, 2.05) is 12.3 Å². The normalized spacial score (nSPS) is 11.9. The maximum atomic E-state index is 5.54. The fourth-order valence-electron chi connectivity index (χ4n) is 1.22. The zero-order valence-electron chi connectivity index (χ0n) is 11.6. The van der Waals surface area contributed by atoms with Crippen LogP contribution >= 0.6 is 0 Å². The molecule has 0 aliphatic carbocycles. The summed E-state index contributed by atoms with van der Waals surface area (Å²) in [5, 5.41) is 3.43. The second-order valence-electron chi connectivity index (χ2n) is 5.81. The summed E-state index contributed by atoms with van der Waals surface area (Å²) in [7, 11) is 0. The fourth-order valence-corrected chi connectivity index (χ4v) is 1.22. The van der Waals surface area contributed by atoms with Crippen LogP contribution in [0.25, 0.3) is 0 Å². The lowest BCUT2D eigenvalue weighted by atomic mass is 10.1. The number of aromatic nitrogens is 1. The Morgan fingerprint density at radius 2 is 2.00 bits per heavy atom. The molecule has 0 bridgehead atoms. The monoisotopic (exact) mass is 236 g/mol. The number of rotatable bonds is 5. The molecule has 0 saturated heterocycles. The van der Waals surface area contributed by atoms with Gasteiger partial charge < -0.3 is 10.1 Å². The molecule has 1 heterocycles. The lowest BCUT2D eigenvalue weighted by Gasteiger charge is -2.20. The van der Waals surface area contributed by atoms with E-state index in [9.17, 15) is 0 Å². The molecule has 0 atom stereocenters. The molecule has 17 heavy (non-hydrogen) atoms. The third kappa shape index (κ3) is 6.27. The summed E-state index contributed by atoms with van der Waals surface area (Å²) < 4.78 is 5.54. The minimum Gasteiger partial charge on any atom is -0.477 e. The molecule has 0 saturated carbocycles. The van der Waals surface area contributed by atoms with E-state index in [0.717, 1.165) is 6.54 Å². The number of ether oxygens (including phenoxy) is 1. The summed E-state index contributed by atoms with van der Waals surface area (Å²) in [6.07, 6.45) is 1.87. The minimum absolute atomic E-state index is 0.132. The van der Waals surface area contributed by atoms with Gasteiger partial charge in [-0.05, 0) is 32.3 Å². The van der Waals surface area contributed by atoms with Crippen LogP contribution in [0.2, 0.25) is 0 Å². The first-order valence-corrected chi connectivity index (χ1v) is 6.19. The van der Waals surface area contributed by atoms with Crippen LogP contribution in [0.4, 0.5) is 0 Å². The van der Waals surface area contributed by atoms with Crippen molar-refractivity contribution in [2.24, 2.45) is 5.92 Å². The highest BCUT2D eigenvalue weighted by Crippen LogP contribution is 2.10. The Balaban J connectivity index is 2.45. The Kier molecular flexibility index (Phi) is 4.94. The summed E-state index contributed by atoms with van der Waals surface area (Å²) in [6, 6.07) is 3.99. The van der Waals surface area contributed by atoms with Crippen molar-refractivity contribution in [3.8, 4) is 5.88 Å². The summed E-state index contributed by atoms with van der Waals surface area (Å²) in [5.74, 6) is 1.23. The molecule has 0 fully saturated rings. The van der Waals surface area contributed by atoms with Crippen LogP contribution in [0.15, 0.2) is 18.3 Å². The zero-order chi connectivity index (χ0) is 12.9. The standard InChI is InChI=1S/C14H24N2O/c1-11(2)10-17-13-7-6-12(8-15-13)9-16-14(3,4)5/h6-8,11,16H,9-10H2,1-5H3. The van der Waals surface area contributed by atoms with Crippen LogP contribution < -0.4 is 10.1 Å². The van der Waals surface area contributed by atoms with E-state index in [1.165, 1.54) is 5.56 Å². The van der Waals surface area contributed by atoms with Crippen molar-refractivity contribution in [3.63, 3.8) is 0 Å². The predicted molar refractivity (Wildman–Crippen MR) is 71.2 cm³/mol. The molecule has 0 unspecified atom stereocenters. The van der Waals surface area contributed by atoms with Crippen LogP contribution in [-0.4, -0.2) is 17.1 Å². The summed E-state index contributed by atoms with van der Waals surface area (Å²) >= 11 is 0. The minimum atomic E-state index is 0.132. The van der Waals surface area contributed by atoms with E-state index in [0.29, 0.717) is 18.4 Å². The Morgan fingerprint density at radius 1 is 1.29 bits per heavy atom. The molecule has 0 spiro atoms. The van der Waals surface area contributed by atoms with E-state index in [2.05, 4.69) is 51.0 Å². The molecule has 1 aromatic heterocycles. The SMILES string of the molecule is CC(C)COc1ccc(CNC(C)(C)C)cn1. The average molecular weight is 236 g/mol. The Labute approximate surface area is 105 Å². The van der Waals surface area contributed by atoms with Crippen molar-refractivity contribution >= 4 is 0 Å². The van der Waals surface area contributed by atoms with Crippen molar-refractivity contribution < 1.29 is 4.74 Å². The van der Waals surface area contributed by atoms with Crippen molar-refractivity contribution in [3.05, 3.63) is 23.9 Å². The van der Waals surface area contributed by atoms with E-state index in [-0.39, 0.29) is 5.54 Å². The molecular weight excluding hydrogens is 212 g/mol. The van der Waals surface area contributed by atoms with Gasteiger partial charge in [-0.2, -0.15) is 0 Å². The average Bonchev–Trinajstić information content (AvgIpc) is 2.24. The van der Waals surface area contributed by atoms with Gasteiger partial charge in [0.05, 0.1) is 6.61 Å². The second kappa shape index (κ2) is 6.01. The molecule has 1 N–H and O–H groups in total. The lowest BCUT2D eigenvalue weighted by Crippen LogP contribution is -2.35. The van der Waals surface area contributed by atoms with Gasteiger partial charge in [-0.1, -0.05) is 19.9 Å². The quantitative estimate of drug-likeness (QED) is 0.853. The van der Waals surface area contributed by atoms with Crippen LogP contribution in [0, 0.1) is 5.92 Å². The predicted octanol–water partition coefficient (Wildman–Crippen LogP) is 3.00. The molecule has 0 aliphatic heterocycles. The van der Waals surface area contributed by atoms with Crippen LogP contribution in [0.3, 0.4) is 0 Å². The number of nitrogens with zero attached hydrogens (tertiary/aromatic N) is 1. The maximum absolute atomic E-state index is 5.54. The Hall–Kier alpha value is -1.09. The van der Waals surface area contributed by atoms with Gasteiger partial charge in [-0.15, -0.1) is 0 Å². The van der Waals surface area contributed by atoms with Gasteiger partial charge in [0.2, 0.25) is 5.88 Å². The Morgan fingerprint density at radius 3 is 2.47 bits per heavy atom. The third-order valence-electron chi connectivity index (χ3n) is 2.18. The molecule has 1 rings (SSSR count). The highest BCUT2D eigenvalue weighted by atomic mass is 16.5. The Bertz CT molecular complexity index is 325. The topological polar surface area (TPSA) is 34.1 Å². The van der Waals surface area contributed by atoms with Gasteiger partial charge >= 0.3 is 0 Å². The highest BCUT2D eigenvalue weighted by molar-refractivity contribution is 5.17. The molecule has 3 heteroatoms. The molecular formula is C14H24N2O. The van der Waals surface area contributed by atoms with Crippen LogP contribution in [0.1, 0.15) is 40.2 Å². The van der Waals surface area contributed by atoms with Crippen molar-refractivity contribution in [1.29, 1.82) is 0 Å². The fraction of sp³-hybridized carbons (Fsp3) is 0.643. The summed E-state index contributed by atoms with van der Waals surface area (Å²) in [5.41, 5.74) is 1.31. The zero-order valence-corrected chi connectivity index (χ0v) is 11.6. The number of pyridine rings is 1. The van der Waals surface area contributed by atoms with Crippen LogP contribution in [-0.2, 0) is 6.54 Å². The summed E-state index contributed by atoms with van der Waals surface area (Å²) in [6.45, 7) is 12.3. The number of hydrogen-bond donors (Lipinski definition) is 1. The largest absolute Gasteiger partial charge is 0.477 e. The molecule has 0 aromatic carbocycles. The van der Waals surface area contributed by atoms with Gasteiger partial charge in [0.15, 0.2) is 0 Å². The van der Waals surface area contributed by atoms with Gasteiger partial charge in [-0.25, -0.2) is 4.98 Å². The van der Waals surface area contributed by atoms with Gasteiger partial charge in [0, 0.05) is 24.3 Å². The smallest absolute Gasteiger partial charge is 0.213 e. The lowest BCUT2D eigenvalue weighted by molar-refractivity contribution is 0.261. The van der Waals surface area contributed by atoms with Gasteiger partial charge in [-0.3, -0.25) is 0 Å². The van der Waals surface area contributed by atoms with Crippen molar-refractivity contribution in [2.75, 3.05) is 6.61 Å². The molecule has 1 aromatic rings. The third-order valence-corrected chi connectivity index (χ3v) is 2.18. The molecule has 0 aliphatic rings. The first-order chi connectivity index (χ1) is 7.87. The summed E-state index contributed by atoms with van der Waals surface area (Å²) in [4.78, 5) is 4.29. The van der Waals surface area contributed by atoms with E-state index < -0.39 is 0 Å². The molecule has 0 amide bonds. The molecule has 3 nitrogen and oxygen atoms in total. The van der Waals surface area contributed by atoms with E-state index in [4.69, 9.17) is 4.74 Å².